The molecule has 104 valence electrons. The molecular weight excluding hydrogens is 228 g/mol. The SMILES string of the molecule is CCN1CCC[C@H]1C(=O)N(C)CC1(CO)CCC1. The highest BCUT2D eigenvalue weighted by Gasteiger charge is 2.40. The van der Waals surface area contributed by atoms with Gasteiger partial charge in [0.25, 0.3) is 0 Å². The van der Waals surface area contributed by atoms with Gasteiger partial charge >= 0.3 is 0 Å². The summed E-state index contributed by atoms with van der Waals surface area (Å²) in [6.45, 7) is 5.05. The largest absolute Gasteiger partial charge is 0.396 e. The number of hydrogen-bond donors (Lipinski definition) is 1. The highest BCUT2D eigenvalue weighted by Crippen LogP contribution is 2.41. The van der Waals surface area contributed by atoms with Crippen molar-refractivity contribution in [2.75, 3.05) is 33.3 Å². The molecule has 1 aliphatic carbocycles. The Balaban J connectivity index is 1.92. The summed E-state index contributed by atoms with van der Waals surface area (Å²) in [7, 11) is 1.89. The Morgan fingerprint density at radius 1 is 1.44 bits per heavy atom. The van der Waals surface area contributed by atoms with Gasteiger partial charge in [0.05, 0.1) is 12.6 Å². The molecule has 2 rings (SSSR count). The summed E-state index contributed by atoms with van der Waals surface area (Å²) in [5.74, 6) is 0.245. The second-order valence-corrected chi connectivity index (χ2v) is 5.99. The van der Waals surface area contributed by atoms with E-state index in [2.05, 4.69) is 11.8 Å². The first-order chi connectivity index (χ1) is 8.62. The molecule has 0 unspecified atom stereocenters. The molecule has 0 aromatic heterocycles. The van der Waals surface area contributed by atoms with Gasteiger partial charge in [0.15, 0.2) is 0 Å². The molecule has 4 nitrogen and oxygen atoms in total. The van der Waals surface area contributed by atoms with Gasteiger partial charge in [-0.05, 0) is 38.8 Å². The van der Waals surface area contributed by atoms with Crippen LogP contribution < -0.4 is 0 Å². The number of carbonyl (C=O) groups is 1. The average molecular weight is 254 g/mol. The van der Waals surface area contributed by atoms with Crippen LogP contribution in [0.5, 0.6) is 0 Å². The van der Waals surface area contributed by atoms with E-state index in [1.807, 2.05) is 11.9 Å². The molecule has 1 saturated carbocycles. The van der Waals surface area contributed by atoms with Crippen LogP contribution in [0.4, 0.5) is 0 Å². The van der Waals surface area contributed by atoms with Gasteiger partial charge in [0.1, 0.15) is 0 Å². The molecule has 2 fully saturated rings. The van der Waals surface area contributed by atoms with Crippen molar-refractivity contribution in [3.8, 4) is 0 Å². The standard InChI is InChI=1S/C14H26N2O2/c1-3-16-9-4-6-12(16)13(18)15(2)10-14(11-17)7-5-8-14/h12,17H,3-11H2,1-2H3/t12-/m0/s1. The molecule has 0 aromatic carbocycles. The molecule has 2 aliphatic rings. The fourth-order valence-corrected chi connectivity index (χ4v) is 3.36. The van der Waals surface area contributed by atoms with E-state index in [0.29, 0.717) is 0 Å². The zero-order valence-corrected chi connectivity index (χ0v) is 11.7. The Hall–Kier alpha value is -0.610. The van der Waals surface area contributed by atoms with Crippen LogP contribution in [0.2, 0.25) is 0 Å². The maximum atomic E-state index is 12.5. The maximum Gasteiger partial charge on any atom is 0.239 e. The summed E-state index contributed by atoms with van der Waals surface area (Å²) in [5, 5.41) is 9.48. The van der Waals surface area contributed by atoms with E-state index in [-0.39, 0.29) is 24.0 Å². The summed E-state index contributed by atoms with van der Waals surface area (Å²) >= 11 is 0. The lowest BCUT2D eigenvalue weighted by Crippen LogP contribution is -2.50. The van der Waals surface area contributed by atoms with Crippen molar-refractivity contribution in [3.63, 3.8) is 0 Å². The molecular formula is C14H26N2O2. The quantitative estimate of drug-likeness (QED) is 0.799. The normalized spacial score (nSPS) is 26.9. The van der Waals surface area contributed by atoms with E-state index in [9.17, 15) is 9.90 Å². The van der Waals surface area contributed by atoms with Crippen LogP contribution >= 0.6 is 0 Å². The number of likely N-dealkylation sites (N-methyl/N-ethyl adjacent to an activating group) is 2. The lowest BCUT2D eigenvalue weighted by Gasteiger charge is -2.43. The van der Waals surface area contributed by atoms with Crippen LogP contribution in [0.15, 0.2) is 0 Å². The van der Waals surface area contributed by atoms with E-state index in [4.69, 9.17) is 0 Å². The molecule has 1 atom stereocenters. The van der Waals surface area contributed by atoms with Gasteiger partial charge in [0, 0.05) is 19.0 Å². The van der Waals surface area contributed by atoms with E-state index >= 15 is 0 Å². The first-order valence-corrected chi connectivity index (χ1v) is 7.22. The van der Waals surface area contributed by atoms with E-state index in [1.165, 1.54) is 6.42 Å². The molecule has 0 radical (unpaired) electrons. The molecule has 1 amide bonds. The molecule has 18 heavy (non-hydrogen) atoms. The molecule has 4 heteroatoms. The summed E-state index contributed by atoms with van der Waals surface area (Å²) in [6, 6.07) is 0.0795. The molecule has 1 heterocycles. The van der Waals surface area contributed by atoms with E-state index < -0.39 is 0 Å². The van der Waals surface area contributed by atoms with Gasteiger partial charge in [-0.25, -0.2) is 0 Å². The zero-order chi connectivity index (χ0) is 13.2. The fraction of sp³-hybridized carbons (Fsp3) is 0.929. The number of aliphatic hydroxyl groups is 1. The van der Waals surface area contributed by atoms with Gasteiger partial charge in [-0.1, -0.05) is 13.3 Å². The number of nitrogens with zero attached hydrogens (tertiary/aromatic N) is 2. The Morgan fingerprint density at radius 3 is 2.67 bits per heavy atom. The zero-order valence-electron chi connectivity index (χ0n) is 11.7. The van der Waals surface area contributed by atoms with Crippen molar-refractivity contribution in [1.29, 1.82) is 0 Å². The molecule has 1 aliphatic heterocycles. The third kappa shape index (κ3) is 2.54. The van der Waals surface area contributed by atoms with Crippen molar-refractivity contribution < 1.29 is 9.90 Å². The first-order valence-electron chi connectivity index (χ1n) is 7.22. The van der Waals surface area contributed by atoms with Crippen molar-refractivity contribution in [2.45, 2.75) is 45.1 Å². The van der Waals surface area contributed by atoms with Crippen LogP contribution in [-0.2, 0) is 4.79 Å². The Kier molecular flexibility index (Phi) is 4.28. The maximum absolute atomic E-state index is 12.5. The minimum absolute atomic E-state index is 0.0000585. The van der Waals surface area contributed by atoms with Crippen LogP contribution in [-0.4, -0.2) is 60.1 Å². The number of hydrogen-bond acceptors (Lipinski definition) is 3. The van der Waals surface area contributed by atoms with E-state index in [1.54, 1.807) is 0 Å². The summed E-state index contributed by atoms with van der Waals surface area (Å²) in [4.78, 5) is 16.6. The summed E-state index contributed by atoms with van der Waals surface area (Å²) < 4.78 is 0. The van der Waals surface area contributed by atoms with Gasteiger partial charge in [-0.3, -0.25) is 9.69 Å². The smallest absolute Gasteiger partial charge is 0.239 e. The number of rotatable bonds is 5. The van der Waals surface area contributed by atoms with Crippen LogP contribution in [0, 0.1) is 5.41 Å². The number of likely N-dealkylation sites (tertiary alicyclic amines) is 1. The monoisotopic (exact) mass is 254 g/mol. The third-order valence-corrected chi connectivity index (χ3v) is 4.75. The number of carbonyl (C=O) groups excluding carboxylic acids is 1. The average Bonchev–Trinajstić information content (AvgIpc) is 2.80. The Bertz CT molecular complexity index is 297. The van der Waals surface area contributed by atoms with E-state index in [0.717, 1.165) is 45.3 Å². The van der Waals surface area contributed by atoms with Crippen molar-refractivity contribution >= 4 is 5.91 Å². The van der Waals surface area contributed by atoms with Crippen LogP contribution in [0.1, 0.15) is 39.0 Å². The Labute approximate surface area is 110 Å². The van der Waals surface area contributed by atoms with Crippen LogP contribution in [0.25, 0.3) is 0 Å². The first kappa shape index (κ1) is 13.8. The summed E-state index contributed by atoms with van der Waals surface area (Å²) in [6.07, 6.45) is 5.42. The second-order valence-electron chi connectivity index (χ2n) is 5.99. The molecule has 0 aromatic rings. The van der Waals surface area contributed by atoms with Crippen molar-refractivity contribution in [1.82, 2.24) is 9.80 Å². The summed E-state index contributed by atoms with van der Waals surface area (Å²) in [5.41, 5.74) is 0.0000585. The highest BCUT2D eigenvalue weighted by atomic mass is 16.3. The molecule has 0 spiro atoms. The lowest BCUT2D eigenvalue weighted by molar-refractivity contribution is -0.137. The number of aliphatic hydroxyl groups excluding tert-OH is 1. The minimum Gasteiger partial charge on any atom is -0.396 e. The predicted molar refractivity (Wildman–Crippen MR) is 71.3 cm³/mol. The fourth-order valence-electron chi connectivity index (χ4n) is 3.36. The van der Waals surface area contributed by atoms with Gasteiger partial charge in [-0.2, -0.15) is 0 Å². The topological polar surface area (TPSA) is 43.8 Å². The highest BCUT2D eigenvalue weighted by molar-refractivity contribution is 5.82. The van der Waals surface area contributed by atoms with Crippen LogP contribution in [0.3, 0.4) is 0 Å². The molecule has 1 N–H and O–H groups in total. The predicted octanol–water partition coefficient (Wildman–Crippen LogP) is 1.09. The minimum atomic E-state index is 0.0000585. The van der Waals surface area contributed by atoms with Gasteiger partial charge in [-0.15, -0.1) is 0 Å². The third-order valence-electron chi connectivity index (χ3n) is 4.75. The van der Waals surface area contributed by atoms with Crippen molar-refractivity contribution in [2.24, 2.45) is 5.41 Å². The van der Waals surface area contributed by atoms with Gasteiger partial charge in [0.2, 0.25) is 5.91 Å². The molecule has 1 saturated heterocycles. The number of amides is 1. The lowest BCUT2D eigenvalue weighted by atomic mass is 9.69. The second kappa shape index (κ2) is 5.57. The Morgan fingerprint density at radius 2 is 2.17 bits per heavy atom. The molecule has 0 bridgehead atoms. The van der Waals surface area contributed by atoms with Crippen molar-refractivity contribution in [3.05, 3.63) is 0 Å². The van der Waals surface area contributed by atoms with Gasteiger partial charge < -0.3 is 10.0 Å².